The largest absolute Gasteiger partial charge is 0.473 e. The van der Waals surface area contributed by atoms with Gasteiger partial charge in [-0.15, -0.1) is 0 Å². The summed E-state index contributed by atoms with van der Waals surface area (Å²) in [6.45, 7) is 2.59. The number of rotatable bonds is 12. The van der Waals surface area contributed by atoms with Crippen LogP contribution in [0.1, 0.15) is 36.8 Å². The first-order chi connectivity index (χ1) is 15.1. The van der Waals surface area contributed by atoms with Crippen LogP contribution in [0.3, 0.4) is 0 Å². The van der Waals surface area contributed by atoms with E-state index in [9.17, 15) is 9.46 Å². The highest BCUT2D eigenvalue weighted by Crippen LogP contribution is 2.50. The lowest BCUT2D eigenvalue weighted by atomic mass is 9.65. The maximum absolute atomic E-state index is 12.4. The Hall–Kier alpha value is -1.57. The van der Waals surface area contributed by atoms with Crippen molar-refractivity contribution in [3.63, 3.8) is 0 Å². The molecule has 0 radical (unpaired) electrons. The molecule has 2 aromatic carbocycles. The van der Waals surface area contributed by atoms with Gasteiger partial charge in [0.05, 0.1) is 6.10 Å². The van der Waals surface area contributed by atoms with Gasteiger partial charge in [0.25, 0.3) is 0 Å². The third kappa shape index (κ3) is 6.96. The van der Waals surface area contributed by atoms with E-state index in [0.29, 0.717) is 32.5 Å². The first-order valence-corrected chi connectivity index (χ1v) is 12.4. The Morgan fingerprint density at radius 1 is 0.935 bits per heavy atom. The van der Waals surface area contributed by atoms with Gasteiger partial charge in [-0.05, 0) is 36.8 Å². The molecule has 0 aromatic heterocycles. The highest BCUT2D eigenvalue weighted by molar-refractivity contribution is 7.47. The van der Waals surface area contributed by atoms with Crippen LogP contribution < -0.4 is 16.4 Å². The molecule has 170 valence electrons. The highest BCUT2D eigenvalue weighted by Gasteiger charge is 2.40. The van der Waals surface area contributed by atoms with E-state index in [1.807, 2.05) is 12.1 Å². The molecule has 7 nitrogen and oxygen atoms in total. The second-order valence-corrected chi connectivity index (χ2v) is 9.31. The van der Waals surface area contributed by atoms with E-state index in [2.05, 4.69) is 59.2 Å². The minimum atomic E-state index is -4.11. The molecule has 5 N–H and O–H groups in total. The van der Waals surface area contributed by atoms with Gasteiger partial charge >= 0.3 is 7.82 Å². The van der Waals surface area contributed by atoms with Crippen molar-refractivity contribution in [3.05, 3.63) is 71.8 Å². The van der Waals surface area contributed by atoms with Crippen LogP contribution in [0.2, 0.25) is 0 Å². The molecule has 3 rings (SSSR count). The van der Waals surface area contributed by atoms with Crippen LogP contribution in [0.4, 0.5) is 0 Å². The van der Waals surface area contributed by atoms with Crippen molar-refractivity contribution in [1.82, 2.24) is 10.6 Å². The summed E-state index contributed by atoms with van der Waals surface area (Å²) in [5.41, 5.74) is 7.84. The quantitative estimate of drug-likeness (QED) is 0.225. The maximum atomic E-state index is 12.4. The van der Waals surface area contributed by atoms with Crippen LogP contribution in [0.5, 0.6) is 0 Å². The smallest absolute Gasteiger partial charge is 0.329 e. The number of phosphoric acid groups is 1. The molecule has 1 fully saturated rings. The topological polar surface area (TPSA) is 106 Å². The molecule has 1 aliphatic rings. The fourth-order valence-electron chi connectivity index (χ4n) is 4.27. The molecule has 1 atom stereocenters. The van der Waals surface area contributed by atoms with Crippen molar-refractivity contribution in [2.75, 3.05) is 32.9 Å². The molecule has 0 saturated heterocycles. The lowest BCUT2D eigenvalue weighted by Gasteiger charge is -2.41. The van der Waals surface area contributed by atoms with Crippen molar-refractivity contribution >= 4 is 7.82 Å². The molecule has 31 heavy (non-hydrogen) atoms. The first kappa shape index (κ1) is 24.1. The summed E-state index contributed by atoms with van der Waals surface area (Å²) in [5, 5.41) is 6.08. The summed E-state index contributed by atoms with van der Waals surface area (Å²) in [6, 6.07) is 21.0. The van der Waals surface area contributed by atoms with Crippen LogP contribution in [0.15, 0.2) is 60.7 Å². The monoisotopic (exact) mass is 447 g/mol. The molecule has 1 saturated carbocycles. The molecule has 0 amide bonds. The molecule has 1 unspecified atom stereocenters. The van der Waals surface area contributed by atoms with Gasteiger partial charge in [-0.25, -0.2) is 4.57 Å². The molecule has 0 aliphatic heterocycles. The Kier molecular flexibility index (Phi) is 9.23. The fourth-order valence-corrected chi connectivity index (χ4v) is 5.17. The number of nitrogens with two attached hydrogens (primary N) is 1. The summed E-state index contributed by atoms with van der Waals surface area (Å²) in [4.78, 5) is 10.1. The third-order valence-corrected chi connectivity index (χ3v) is 6.87. The van der Waals surface area contributed by atoms with Gasteiger partial charge < -0.3 is 15.9 Å². The minimum Gasteiger partial charge on any atom is -0.329 e. The zero-order valence-corrected chi connectivity index (χ0v) is 18.8. The van der Waals surface area contributed by atoms with Crippen LogP contribution in [-0.2, 0) is 19.0 Å². The zero-order valence-electron chi connectivity index (χ0n) is 17.9. The molecule has 1 aliphatic carbocycles. The second kappa shape index (κ2) is 11.9. The number of nitrogens with one attached hydrogen (secondary N) is 2. The van der Waals surface area contributed by atoms with Crippen LogP contribution in [0, 0.1) is 0 Å². The summed E-state index contributed by atoms with van der Waals surface area (Å²) in [5.74, 6) is 0. The van der Waals surface area contributed by atoms with Gasteiger partial charge in [0.2, 0.25) is 0 Å². The van der Waals surface area contributed by atoms with E-state index < -0.39 is 7.82 Å². The van der Waals surface area contributed by atoms with E-state index in [1.165, 1.54) is 11.1 Å². The van der Waals surface area contributed by atoms with Crippen molar-refractivity contribution in [1.29, 1.82) is 0 Å². The van der Waals surface area contributed by atoms with Crippen LogP contribution in [-0.4, -0.2) is 43.9 Å². The Balaban J connectivity index is 1.54. The second-order valence-electron chi connectivity index (χ2n) is 7.90. The number of phosphoric ester groups is 1. The third-order valence-electron chi connectivity index (χ3n) is 5.85. The van der Waals surface area contributed by atoms with E-state index >= 15 is 0 Å². The predicted octanol–water partition coefficient (Wildman–Crippen LogP) is 3.14. The summed E-state index contributed by atoms with van der Waals surface area (Å²) < 4.78 is 22.9. The average Bonchev–Trinajstić information content (AvgIpc) is 2.80. The van der Waals surface area contributed by atoms with Gasteiger partial charge in [0, 0.05) is 31.6 Å². The number of benzene rings is 2. The van der Waals surface area contributed by atoms with Crippen molar-refractivity contribution in [3.8, 4) is 0 Å². The SMILES string of the molecule is NCCNCCNCOP(=O)(O)OC1CCC(c2ccccc2)(c2ccccc2)CC1. The average molecular weight is 448 g/mol. The van der Waals surface area contributed by atoms with Gasteiger partial charge in [0.15, 0.2) is 0 Å². The molecule has 8 heteroatoms. The van der Waals surface area contributed by atoms with E-state index in [1.54, 1.807) is 0 Å². The van der Waals surface area contributed by atoms with Crippen LogP contribution >= 0.6 is 7.82 Å². The summed E-state index contributed by atoms with van der Waals surface area (Å²) in [7, 11) is -4.11. The predicted molar refractivity (Wildman–Crippen MR) is 123 cm³/mol. The fraction of sp³-hybridized carbons (Fsp3) is 0.478. The van der Waals surface area contributed by atoms with Crippen molar-refractivity contribution in [2.45, 2.75) is 37.2 Å². The maximum Gasteiger partial charge on any atom is 0.473 e. The lowest BCUT2D eigenvalue weighted by Crippen LogP contribution is -2.35. The van der Waals surface area contributed by atoms with Crippen LogP contribution in [0.25, 0.3) is 0 Å². The highest BCUT2D eigenvalue weighted by atomic mass is 31.2. The Bertz CT molecular complexity index is 773. The first-order valence-electron chi connectivity index (χ1n) is 10.9. The minimum absolute atomic E-state index is 0.0389. The van der Waals surface area contributed by atoms with E-state index in [-0.39, 0.29) is 18.2 Å². The van der Waals surface area contributed by atoms with E-state index in [4.69, 9.17) is 14.8 Å². The summed E-state index contributed by atoms with van der Waals surface area (Å²) in [6.07, 6.45) is 2.76. The van der Waals surface area contributed by atoms with Gasteiger partial charge in [0.1, 0.15) is 6.73 Å². The van der Waals surface area contributed by atoms with Gasteiger partial charge in [-0.3, -0.25) is 14.4 Å². The zero-order chi connectivity index (χ0) is 22.0. The van der Waals surface area contributed by atoms with Crippen molar-refractivity contribution in [2.24, 2.45) is 5.73 Å². The molecule has 0 heterocycles. The number of hydrogen-bond acceptors (Lipinski definition) is 6. The van der Waals surface area contributed by atoms with Crippen molar-refractivity contribution < 1.29 is 18.5 Å². The summed E-state index contributed by atoms with van der Waals surface area (Å²) >= 11 is 0. The Morgan fingerprint density at radius 2 is 1.48 bits per heavy atom. The van der Waals surface area contributed by atoms with E-state index in [0.717, 1.165) is 19.4 Å². The Labute approximate surface area is 185 Å². The van der Waals surface area contributed by atoms with Gasteiger partial charge in [-0.1, -0.05) is 60.7 Å². The molecular weight excluding hydrogens is 413 g/mol. The molecule has 0 spiro atoms. The standard InChI is InChI=1S/C23H34N3O4P/c24-15-16-25-17-18-26-19-29-31(27,28)30-22-11-13-23(14-12-22,20-7-3-1-4-8-20)21-9-5-2-6-10-21/h1-10,22,25-26H,11-19,24H2,(H,27,28). The lowest BCUT2D eigenvalue weighted by molar-refractivity contribution is 0.0672. The normalized spacial score (nSPS) is 18.5. The molecule has 2 aromatic rings. The molecular formula is C23H34N3O4P. The number of hydrogen-bond donors (Lipinski definition) is 4. The van der Waals surface area contributed by atoms with Gasteiger partial charge in [-0.2, -0.15) is 0 Å². The Morgan fingerprint density at radius 3 is 2.03 bits per heavy atom. The molecule has 0 bridgehead atoms.